The highest BCUT2D eigenvalue weighted by Crippen LogP contribution is 2.43. The molecule has 5 atom stereocenters. The summed E-state index contributed by atoms with van der Waals surface area (Å²) in [6.07, 6.45) is 0.472. The van der Waals surface area contributed by atoms with Crippen LogP contribution in [0.3, 0.4) is 0 Å². The van der Waals surface area contributed by atoms with Gasteiger partial charge in [0.05, 0.1) is 39.2 Å². The zero-order chi connectivity index (χ0) is 36.5. The van der Waals surface area contributed by atoms with E-state index in [1.54, 1.807) is 6.08 Å². The van der Waals surface area contributed by atoms with E-state index in [0.717, 1.165) is 34.4 Å². The average Bonchev–Trinajstić information content (AvgIpc) is 3.66. The number of hydrogen-bond donors (Lipinski definition) is 0. The smallest absolute Gasteiger partial charge is 0.217 e. The van der Waals surface area contributed by atoms with Gasteiger partial charge < -0.3 is 23.7 Å². The molecule has 0 unspecified atom stereocenters. The highest BCUT2D eigenvalue weighted by molar-refractivity contribution is 5.58. The lowest BCUT2D eigenvalue weighted by atomic mass is 9.89. The molecule has 0 amide bonds. The predicted octanol–water partition coefficient (Wildman–Crippen LogP) is 8.16. The highest BCUT2D eigenvalue weighted by Gasteiger charge is 2.57. The summed E-state index contributed by atoms with van der Waals surface area (Å²) in [5.41, 5.74) is 3.57. The molecule has 0 spiro atoms. The molecule has 1 fully saturated rings. The van der Waals surface area contributed by atoms with Gasteiger partial charge in [0, 0.05) is 5.56 Å². The van der Waals surface area contributed by atoms with Gasteiger partial charge in [0.2, 0.25) is 5.79 Å². The Morgan fingerprint density at radius 2 is 1.40 bits per heavy atom. The Kier molecular flexibility index (Phi) is 12.1. The van der Waals surface area contributed by atoms with Crippen molar-refractivity contribution < 1.29 is 36.9 Å². The van der Waals surface area contributed by atoms with Crippen molar-refractivity contribution in [1.82, 2.24) is 15.0 Å². The third-order valence-corrected chi connectivity index (χ3v) is 8.62. The molecule has 11 heteroatoms. The summed E-state index contributed by atoms with van der Waals surface area (Å²) in [5.74, 6) is -5.86. The lowest BCUT2D eigenvalue weighted by Crippen LogP contribution is -2.64. The second-order valence-electron chi connectivity index (χ2n) is 12.6. The molecule has 270 valence electrons. The van der Waals surface area contributed by atoms with E-state index in [1.165, 1.54) is 10.9 Å². The predicted molar refractivity (Wildman–Crippen MR) is 189 cm³/mol. The zero-order valence-electron chi connectivity index (χ0n) is 28.7. The van der Waals surface area contributed by atoms with Crippen LogP contribution in [0, 0.1) is 17.5 Å². The summed E-state index contributed by atoms with van der Waals surface area (Å²) in [5, 5.41) is 8.68. The number of aromatic nitrogens is 3. The number of hydrogen-bond acceptors (Lipinski definition) is 7. The molecule has 2 heterocycles. The van der Waals surface area contributed by atoms with Crippen LogP contribution in [0.5, 0.6) is 0 Å². The van der Waals surface area contributed by atoms with E-state index in [-0.39, 0.29) is 37.7 Å². The summed E-state index contributed by atoms with van der Waals surface area (Å²) in [4.78, 5) is 0. The molecule has 8 nitrogen and oxygen atoms in total. The van der Waals surface area contributed by atoms with E-state index >= 15 is 0 Å². The molecule has 1 aromatic heterocycles. The Morgan fingerprint density at radius 3 is 1.96 bits per heavy atom. The molecule has 1 aliphatic rings. The maximum absolute atomic E-state index is 14.3. The van der Waals surface area contributed by atoms with Gasteiger partial charge in [0.15, 0.2) is 17.5 Å². The van der Waals surface area contributed by atoms with Crippen LogP contribution in [0.1, 0.15) is 29.7 Å². The molecule has 52 heavy (non-hydrogen) atoms. The Hall–Kier alpha value is -4.91. The van der Waals surface area contributed by atoms with Crippen LogP contribution in [0.2, 0.25) is 0 Å². The third-order valence-electron chi connectivity index (χ3n) is 8.62. The normalized spacial score (nSPS) is 21.5. The quantitative estimate of drug-likeness (QED) is 0.0755. The van der Waals surface area contributed by atoms with E-state index < -0.39 is 47.6 Å². The standard InChI is InChI=1S/C41H40F3N3O5/c1-4-41(51-23-28(2)3)40(50-26-31-18-12-7-13-19-31)38(47-22-35(45-46-47)32-20-33(42)37(44)34(43)21-32)39(49-25-30-16-10-6-11-17-30)36(52-41)27-48-24-29-14-8-5-9-15-29/h4-22,36,38-40H,1-2,23-27H2,3H3/t36-,38+,39+,40-,41+/m1/s1. The van der Waals surface area contributed by atoms with Crippen molar-refractivity contribution in [2.45, 2.75) is 56.9 Å². The first-order valence-corrected chi connectivity index (χ1v) is 16.9. The molecule has 0 radical (unpaired) electrons. The minimum absolute atomic E-state index is 0.00511. The second-order valence-corrected chi connectivity index (χ2v) is 12.6. The minimum atomic E-state index is -1.59. The molecule has 1 aliphatic heterocycles. The fraction of sp³-hybridized carbons (Fsp3) is 0.268. The van der Waals surface area contributed by atoms with Crippen LogP contribution in [-0.2, 0) is 43.5 Å². The minimum Gasteiger partial charge on any atom is -0.374 e. The van der Waals surface area contributed by atoms with Crippen molar-refractivity contribution in [2.75, 3.05) is 13.2 Å². The van der Waals surface area contributed by atoms with Gasteiger partial charge in [-0.2, -0.15) is 0 Å². The third kappa shape index (κ3) is 8.75. The van der Waals surface area contributed by atoms with Gasteiger partial charge in [-0.1, -0.05) is 115 Å². The second kappa shape index (κ2) is 17.1. The number of nitrogens with zero attached hydrogens (tertiary/aromatic N) is 3. The molecular weight excluding hydrogens is 671 g/mol. The summed E-state index contributed by atoms with van der Waals surface area (Å²) in [6, 6.07) is 29.8. The van der Waals surface area contributed by atoms with E-state index in [0.29, 0.717) is 6.61 Å². The molecule has 0 bridgehead atoms. The Bertz CT molecular complexity index is 1910. The lowest BCUT2D eigenvalue weighted by Gasteiger charge is -2.51. The molecule has 0 N–H and O–H groups in total. The van der Waals surface area contributed by atoms with Gasteiger partial charge in [-0.3, -0.25) is 0 Å². The summed E-state index contributed by atoms with van der Waals surface area (Å²) in [7, 11) is 0. The Morgan fingerprint density at radius 1 is 0.846 bits per heavy atom. The molecular formula is C41H40F3N3O5. The van der Waals surface area contributed by atoms with Crippen molar-refractivity contribution >= 4 is 0 Å². The van der Waals surface area contributed by atoms with Crippen LogP contribution in [0.4, 0.5) is 13.2 Å². The highest BCUT2D eigenvalue weighted by atomic mass is 19.2. The SMILES string of the molecule is C=C[C@]1(OCC(=C)C)O[C@H](COCc2ccccc2)[C@H](OCc2ccccc2)[C@H](n2cc(-c3cc(F)c(F)c(F)c3)nn2)[C@H]1OCc1ccccc1. The first-order valence-electron chi connectivity index (χ1n) is 16.9. The number of ether oxygens (including phenoxy) is 5. The van der Waals surface area contributed by atoms with Crippen molar-refractivity contribution in [3.63, 3.8) is 0 Å². The summed E-state index contributed by atoms with van der Waals surface area (Å²) < 4.78 is 77.1. The summed E-state index contributed by atoms with van der Waals surface area (Å²) >= 11 is 0. The van der Waals surface area contributed by atoms with Gasteiger partial charge in [0.25, 0.3) is 0 Å². The fourth-order valence-electron chi connectivity index (χ4n) is 6.07. The first-order chi connectivity index (χ1) is 25.3. The van der Waals surface area contributed by atoms with Crippen molar-refractivity contribution in [1.29, 1.82) is 0 Å². The fourth-order valence-corrected chi connectivity index (χ4v) is 6.07. The number of halogens is 3. The van der Waals surface area contributed by atoms with Crippen LogP contribution in [0.25, 0.3) is 11.3 Å². The zero-order valence-corrected chi connectivity index (χ0v) is 28.7. The maximum atomic E-state index is 14.3. The van der Waals surface area contributed by atoms with Crippen molar-refractivity contribution in [2.24, 2.45) is 0 Å². The van der Waals surface area contributed by atoms with Crippen molar-refractivity contribution in [3.8, 4) is 11.3 Å². The molecule has 5 aromatic rings. The van der Waals surface area contributed by atoms with Crippen LogP contribution in [-0.4, -0.2) is 52.3 Å². The molecule has 0 saturated carbocycles. The van der Waals surface area contributed by atoms with Gasteiger partial charge in [-0.05, 0) is 41.8 Å². The number of rotatable bonds is 16. The van der Waals surface area contributed by atoms with E-state index in [1.807, 2.05) is 97.9 Å². The first kappa shape index (κ1) is 36.9. The average molecular weight is 712 g/mol. The maximum Gasteiger partial charge on any atom is 0.217 e. The topological polar surface area (TPSA) is 76.9 Å². The van der Waals surface area contributed by atoms with Crippen LogP contribution in [0.15, 0.2) is 134 Å². The van der Waals surface area contributed by atoms with Crippen LogP contribution < -0.4 is 0 Å². The monoisotopic (exact) mass is 711 g/mol. The molecule has 6 rings (SSSR count). The van der Waals surface area contributed by atoms with Gasteiger partial charge in [-0.25, -0.2) is 17.9 Å². The Balaban J connectivity index is 1.45. The van der Waals surface area contributed by atoms with Crippen molar-refractivity contribution in [3.05, 3.63) is 168 Å². The summed E-state index contributed by atoms with van der Waals surface area (Å²) in [6.45, 7) is 10.8. The Labute approximate surface area is 301 Å². The van der Waals surface area contributed by atoms with E-state index in [2.05, 4.69) is 23.5 Å². The van der Waals surface area contributed by atoms with Gasteiger partial charge in [-0.15, -0.1) is 5.10 Å². The molecule has 1 saturated heterocycles. The largest absolute Gasteiger partial charge is 0.374 e. The van der Waals surface area contributed by atoms with Crippen LogP contribution >= 0.6 is 0 Å². The van der Waals surface area contributed by atoms with Gasteiger partial charge in [0.1, 0.15) is 30.0 Å². The molecule has 4 aromatic carbocycles. The van der Waals surface area contributed by atoms with E-state index in [9.17, 15) is 13.2 Å². The number of benzene rings is 4. The van der Waals surface area contributed by atoms with E-state index in [4.69, 9.17) is 23.7 Å². The lowest BCUT2D eigenvalue weighted by molar-refractivity contribution is -0.345. The van der Waals surface area contributed by atoms with Gasteiger partial charge >= 0.3 is 0 Å². The molecule has 0 aliphatic carbocycles.